The highest BCUT2D eigenvalue weighted by atomic mass is 35.5. The molecule has 1 atom stereocenters. The number of hydrogen-bond donors (Lipinski definition) is 1. The molecule has 0 aromatic carbocycles. The molecule has 14 heavy (non-hydrogen) atoms. The number of aliphatic hydroxyl groups is 1. The van der Waals surface area contributed by atoms with E-state index in [0.717, 1.165) is 6.42 Å². The van der Waals surface area contributed by atoms with E-state index in [9.17, 15) is 5.11 Å². The second kappa shape index (κ2) is 3.98. The van der Waals surface area contributed by atoms with E-state index in [1.165, 1.54) is 0 Å². The number of nitrogens with zero attached hydrogens (tertiary/aromatic N) is 1. The summed E-state index contributed by atoms with van der Waals surface area (Å²) in [6, 6.07) is 3.39. The Labute approximate surface area is 87.0 Å². The first kappa shape index (κ1) is 9.49. The Kier molecular flexibility index (Phi) is 2.70. The normalized spacial score (nSPS) is 17.4. The summed E-state index contributed by atoms with van der Waals surface area (Å²) < 4.78 is 5.25. The number of rotatable bonds is 2. The van der Waals surface area contributed by atoms with Crippen LogP contribution in [0.1, 0.15) is 18.1 Å². The second-order valence-corrected chi connectivity index (χ2v) is 3.45. The Morgan fingerprint density at radius 1 is 1.50 bits per heavy atom. The van der Waals surface area contributed by atoms with Gasteiger partial charge < -0.3 is 9.84 Å². The maximum Gasteiger partial charge on any atom is 0.137 e. The molecule has 1 aromatic rings. The van der Waals surface area contributed by atoms with Crippen LogP contribution in [0.15, 0.2) is 30.2 Å². The molecule has 0 saturated heterocycles. The van der Waals surface area contributed by atoms with Crippen molar-refractivity contribution in [1.29, 1.82) is 0 Å². The zero-order chi connectivity index (χ0) is 9.97. The average molecular weight is 212 g/mol. The summed E-state index contributed by atoms with van der Waals surface area (Å²) in [5.74, 6) is 0.606. The quantitative estimate of drug-likeness (QED) is 0.762. The van der Waals surface area contributed by atoms with Crippen molar-refractivity contribution < 1.29 is 9.84 Å². The van der Waals surface area contributed by atoms with Gasteiger partial charge in [0.1, 0.15) is 17.0 Å². The fraction of sp³-hybridized carbons (Fsp3) is 0.300. The molecular weight excluding hydrogens is 202 g/mol. The SMILES string of the molecule is OC(C1=CCCO1)c1ccc(Cl)nc1. The van der Waals surface area contributed by atoms with Crippen molar-refractivity contribution in [2.24, 2.45) is 0 Å². The molecule has 4 heteroatoms. The molecule has 0 spiro atoms. The van der Waals surface area contributed by atoms with Crippen LogP contribution in [0.2, 0.25) is 5.15 Å². The first-order valence-electron chi connectivity index (χ1n) is 4.40. The highest BCUT2D eigenvalue weighted by Gasteiger charge is 2.17. The molecule has 3 nitrogen and oxygen atoms in total. The van der Waals surface area contributed by atoms with Gasteiger partial charge in [0, 0.05) is 18.2 Å². The number of hydrogen-bond acceptors (Lipinski definition) is 3. The Morgan fingerprint density at radius 2 is 2.36 bits per heavy atom. The first-order chi connectivity index (χ1) is 6.77. The Morgan fingerprint density at radius 3 is 2.93 bits per heavy atom. The predicted octanol–water partition coefficient (Wildman–Crippen LogP) is 2.07. The van der Waals surface area contributed by atoms with E-state index in [4.69, 9.17) is 16.3 Å². The maximum absolute atomic E-state index is 9.83. The van der Waals surface area contributed by atoms with Crippen LogP contribution >= 0.6 is 11.6 Å². The molecule has 2 heterocycles. The molecule has 0 bridgehead atoms. The van der Waals surface area contributed by atoms with E-state index in [0.29, 0.717) is 23.1 Å². The Hall–Kier alpha value is -1.06. The van der Waals surface area contributed by atoms with Gasteiger partial charge in [-0.25, -0.2) is 4.98 Å². The molecule has 1 N–H and O–H groups in total. The second-order valence-electron chi connectivity index (χ2n) is 3.06. The molecule has 0 fully saturated rings. The van der Waals surface area contributed by atoms with Gasteiger partial charge in [-0.15, -0.1) is 0 Å². The fourth-order valence-electron chi connectivity index (χ4n) is 1.34. The summed E-state index contributed by atoms with van der Waals surface area (Å²) in [5.41, 5.74) is 0.697. The number of pyridine rings is 1. The van der Waals surface area contributed by atoms with Crippen LogP contribution in [0, 0.1) is 0 Å². The van der Waals surface area contributed by atoms with Crippen molar-refractivity contribution in [3.05, 3.63) is 40.9 Å². The van der Waals surface area contributed by atoms with Gasteiger partial charge in [0.05, 0.1) is 6.61 Å². The van der Waals surface area contributed by atoms with Gasteiger partial charge in [-0.2, -0.15) is 0 Å². The molecule has 0 saturated carbocycles. The van der Waals surface area contributed by atoms with Gasteiger partial charge in [-0.05, 0) is 12.1 Å². The molecule has 0 aliphatic carbocycles. The molecule has 1 aliphatic heterocycles. The van der Waals surface area contributed by atoms with Crippen LogP contribution in [0.3, 0.4) is 0 Å². The third-order valence-corrected chi connectivity index (χ3v) is 2.29. The lowest BCUT2D eigenvalue weighted by atomic mass is 10.1. The van der Waals surface area contributed by atoms with Crippen molar-refractivity contribution in [3.8, 4) is 0 Å². The molecule has 1 aliphatic rings. The van der Waals surface area contributed by atoms with Crippen LogP contribution < -0.4 is 0 Å². The lowest BCUT2D eigenvalue weighted by Crippen LogP contribution is -2.02. The predicted molar refractivity (Wildman–Crippen MR) is 52.9 cm³/mol. The zero-order valence-corrected chi connectivity index (χ0v) is 8.24. The van der Waals surface area contributed by atoms with E-state index in [2.05, 4.69) is 4.98 Å². The van der Waals surface area contributed by atoms with Crippen LogP contribution in [-0.4, -0.2) is 16.7 Å². The molecule has 0 radical (unpaired) electrons. The van der Waals surface area contributed by atoms with E-state index < -0.39 is 6.10 Å². The molecular formula is C10H10ClNO2. The van der Waals surface area contributed by atoms with Gasteiger partial charge in [-0.1, -0.05) is 17.7 Å². The van der Waals surface area contributed by atoms with E-state index >= 15 is 0 Å². The lowest BCUT2D eigenvalue weighted by molar-refractivity contribution is 0.118. The van der Waals surface area contributed by atoms with Crippen molar-refractivity contribution in [3.63, 3.8) is 0 Å². The van der Waals surface area contributed by atoms with Gasteiger partial charge in [-0.3, -0.25) is 0 Å². The summed E-state index contributed by atoms with van der Waals surface area (Å²) in [4.78, 5) is 3.89. The molecule has 1 unspecified atom stereocenters. The summed E-state index contributed by atoms with van der Waals surface area (Å²) in [6.07, 6.45) is 3.57. The maximum atomic E-state index is 9.83. The van der Waals surface area contributed by atoms with Crippen LogP contribution in [0.25, 0.3) is 0 Å². The third-order valence-electron chi connectivity index (χ3n) is 2.07. The van der Waals surface area contributed by atoms with Gasteiger partial charge >= 0.3 is 0 Å². The smallest absolute Gasteiger partial charge is 0.137 e. The van der Waals surface area contributed by atoms with Crippen LogP contribution in [-0.2, 0) is 4.74 Å². The van der Waals surface area contributed by atoms with Crippen LogP contribution in [0.4, 0.5) is 0 Å². The highest BCUT2D eigenvalue weighted by Crippen LogP contribution is 2.25. The van der Waals surface area contributed by atoms with Gasteiger partial charge in [0.2, 0.25) is 0 Å². The summed E-state index contributed by atoms with van der Waals surface area (Å²) in [6.45, 7) is 0.646. The van der Waals surface area contributed by atoms with Crippen molar-refractivity contribution in [1.82, 2.24) is 4.98 Å². The minimum absolute atomic E-state index is 0.419. The molecule has 2 rings (SSSR count). The monoisotopic (exact) mass is 211 g/mol. The summed E-state index contributed by atoms with van der Waals surface area (Å²) >= 11 is 5.64. The van der Waals surface area contributed by atoms with E-state index in [-0.39, 0.29) is 0 Å². The van der Waals surface area contributed by atoms with Crippen LogP contribution in [0.5, 0.6) is 0 Å². The molecule has 0 amide bonds. The number of aromatic nitrogens is 1. The third kappa shape index (κ3) is 1.89. The van der Waals surface area contributed by atoms with Crippen molar-refractivity contribution in [2.75, 3.05) is 6.61 Å². The lowest BCUT2D eigenvalue weighted by Gasteiger charge is -2.11. The van der Waals surface area contributed by atoms with Crippen molar-refractivity contribution in [2.45, 2.75) is 12.5 Å². The van der Waals surface area contributed by atoms with Gasteiger partial charge in [0.25, 0.3) is 0 Å². The fourth-order valence-corrected chi connectivity index (χ4v) is 1.45. The van der Waals surface area contributed by atoms with E-state index in [1.807, 2.05) is 6.08 Å². The molecule has 1 aromatic heterocycles. The Bertz CT molecular complexity index is 348. The van der Waals surface area contributed by atoms with Crippen molar-refractivity contribution >= 4 is 11.6 Å². The highest BCUT2D eigenvalue weighted by molar-refractivity contribution is 6.29. The average Bonchev–Trinajstić information content (AvgIpc) is 2.71. The number of aliphatic hydroxyl groups excluding tert-OH is 1. The standard InChI is InChI=1S/C10H10ClNO2/c11-9-4-3-7(6-12-9)10(13)8-2-1-5-14-8/h2-4,6,10,13H,1,5H2. The molecule has 74 valence electrons. The summed E-state index contributed by atoms with van der Waals surface area (Å²) in [7, 11) is 0. The number of ether oxygens (including phenoxy) is 1. The minimum atomic E-state index is -0.720. The number of halogens is 1. The summed E-state index contributed by atoms with van der Waals surface area (Å²) in [5, 5.41) is 10.3. The van der Waals surface area contributed by atoms with E-state index in [1.54, 1.807) is 18.3 Å². The largest absolute Gasteiger partial charge is 0.495 e. The first-order valence-corrected chi connectivity index (χ1v) is 4.77. The zero-order valence-electron chi connectivity index (χ0n) is 7.48. The topological polar surface area (TPSA) is 42.4 Å². The minimum Gasteiger partial charge on any atom is -0.495 e. The Balaban J connectivity index is 2.18. The van der Waals surface area contributed by atoms with Gasteiger partial charge in [0.15, 0.2) is 0 Å².